The fraction of sp³-hybridized carbons (Fsp3) is 0.200. The van der Waals surface area contributed by atoms with E-state index in [1.165, 1.54) is 40.2 Å². The molecule has 142 valence electrons. The predicted octanol–water partition coefficient (Wildman–Crippen LogP) is 4.21. The van der Waals surface area contributed by atoms with Gasteiger partial charge in [0.05, 0.1) is 4.92 Å². The summed E-state index contributed by atoms with van der Waals surface area (Å²) >= 11 is 0. The van der Waals surface area contributed by atoms with Crippen LogP contribution in [0.4, 0.5) is 22.1 Å². The molecular weight excluding hydrogens is 360 g/mol. The summed E-state index contributed by atoms with van der Waals surface area (Å²) in [7, 11) is 0. The monoisotopic (exact) mass is 378 g/mol. The van der Waals surface area contributed by atoms with Gasteiger partial charge in [-0.1, -0.05) is 12.1 Å². The van der Waals surface area contributed by atoms with Crippen LogP contribution in [0.15, 0.2) is 54.9 Å². The van der Waals surface area contributed by atoms with Gasteiger partial charge in [0.1, 0.15) is 6.61 Å². The summed E-state index contributed by atoms with van der Waals surface area (Å²) < 4.78 is 6.62. The van der Waals surface area contributed by atoms with Crippen LogP contribution in [0.3, 0.4) is 0 Å². The Morgan fingerprint density at radius 1 is 1.21 bits per heavy atom. The van der Waals surface area contributed by atoms with E-state index in [2.05, 4.69) is 16.4 Å². The lowest BCUT2D eigenvalue weighted by Gasteiger charge is -2.12. The number of imidazole rings is 1. The molecule has 0 bridgehead atoms. The Hall–Kier alpha value is -3.68. The number of aryl methyl sites for hydroxylation is 1. The van der Waals surface area contributed by atoms with Crippen molar-refractivity contribution in [3.8, 4) is 0 Å². The Morgan fingerprint density at radius 2 is 2.04 bits per heavy atom. The molecule has 1 N–H and O–H groups in total. The Morgan fingerprint density at radius 3 is 2.82 bits per heavy atom. The van der Waals surface area contributed by atoms with Crippen molar-refractivity contribution in [2.24, 2.45) is 0 Å². The topological polar surface area (TPSA) is 99.3 Å². The van der Waals surface area contributed by atoms with Crippen molar-refractivity contribution in [2.45, 2.75) is 25.9 Å². The van der Waals surface area contributed by atoms with E-state index < -0.39 is 11.0 Å². The summed E-state index contributed by atoms with van der Waals surface area (Å²) in [6, 6.07) is 12.0. The third-order valence-electron chi connectivity index (χ3n) is 4.74. The van der Waals surface area contributed by atoms with Crippen LogP contribution in [0.25, 0.3) is 0 Å². The van der Waals surface area contributed by atoms with Crippen LogP contribution in [0.2, 0.25) is 0 Å². The van der Waals surface area contributed by atoms with Gasteiger partial charge in [-0.25, -0.2) is 14.3 Å². The number of non-ortho nitro benzene ring substituents is 1. The number of anilines is 2. The van der Waals surface area contributed by atoms with Gasteiger partial charge in [0.2, 0.25) is 5.95 Å². The molecule has 1 aliphatic carbocycles. The first kappa shape index (κ1) is 17.7. The Labute approximate surface area is 160 Å². The summed E-state index contributed by atoms with van der Waals surface area (Å²) in [5.74, 6) is 0.383. The average molecular weight is 378 g/mol. The van der Waals surface area contributed by atoms with Crippen LogP contribution >= 0.6 is 0 Å². The van der Waals surface area contributed by atoms with Crippen LogP contribution in [0.1, 0.15) is 23.1 Å². The number of hydrogen-bond acceptors (Lipinski definition) is 6. The van der Waals surface area contributed by atoms with Gasteiger partial charge in [-0.2, -0.15) is 0 Å². The maximum Gasteiger partial charge on any atom is 0.421 e. The number of hydrogen-bond donors (Lipinski definition) is 1. The van der Waals surface area contributed by atoms with Crippen LogP contribution in [0.5, 0.6) is 0 Å². The van der Waals surface area contributed by atoms with Crippen LogP contribution in [-0.4, -0.2) is 20.6 Å². The highest BCUT2D eigenvalue weighted by atomic mass is 16.6. The highest BCUT2D eigenvalue weighted by Gasteiger charge is 2.17. The van der Waals surface area contributed by atoms with E-state index in [1.807, 2.05) is 12.1 Å². The second kappa shape index (κ2) is 7.51. The van der Waals surface area contributed by atoms with Crippen molar-refractivity contribution in [3.05, 3.63) is 81.7 Å². The molecule has 8 heteroatoms. The zero-order valence-corrected chi connectivity index (χ0v) is 15.0. The minimum absolute atomic E-state index is 0.00781. The summed E-state index contributed by atoms with van der Waals surface area (Å²) in [5.41, 5.74) is 4.19. The van der Waals surface area contributed by atoms with Gasteiger partial charge in [-0.3, -0.25) is 10.1 Å². The van der Waals surface area contributed by atoms with Crippen molar-refractivity contribution in [2.75, 3.05) is 5.32 Å². The van der Waals surface area contributed by atoms with E-state index in [4.69, 9.17) is 4.74 Å². The Balaban J connectivity index is 1.44. The van der Waals surface area contributed by atoms with Crippen molar-refractivity contribution in [3.63, 3.8) is 0 Å². The van der Waals surface area contributed by atoms with Crippen LogP contribution in [0, 0.1) is 10.1 Å². The number of aromatic nitrogens is 2. The predicted molar refractivity (Wildman–Crippen MR) is 103 cm³/mol. The highest BCUT2D eigenvalue weighted by Crippen LogP contribution is 2.30. The smallest absolute Gasteiger partial charge is 0.421 e. The van der Waals surface area contributed by atoms with Gasteiger partial charge in [-0.15, -0.1) is 0 Å². The van der Waals surface area contributed by atoms with Crippen molar-refractivity contribution >= 4 is 23.4 Å². The van der Waals surface area contributed by atoms with Crippen molar-refractivity contribution in [1.29, 1.82) is 0 Å². The highest BCUT2D eigenvalue weighted by molar-refractivity contribution is 5.76. The van der Waals surface area contributed by atoms with E-state index in [9.17, 15) is 14.9 Å². The maximum absolute atomic E-state index is 12.5. The first-order chi connectivity index (χ1) is 13.6. The number of rotatable bonds is 5. The van der Waals surface area contributed by atoms with Crippen molar-refractivity contribution in [1.82, 2.24) is 9.55 Å². The molecule has 1 aliphatic rings. The fourth-order valence-electron chi connectivity index (χ4n) is 3.33. The zero-order chi connectivity index (χ0) is 19.5. The largest absolute Gasteiger partial charge is 0.444 e. The van der Waals surface area contributed by atoms with E-state index in [0.717, 1.165) is 24.9 Å². The van der Waals surface area contributed by atoms with Gasteiger partial charge >= 0.3 is 6.09 Å². The van der Waals surface area contributed by atoms with Crippen molar-refractivity contribution < 1.29 is 14.5 Å². The number of fused-ring (bicyclic) bond motifs is 1. The molecule has 0 fully saturated rings. The molecule has 0 saturated carbocycles. The first-order valence-electron chi connectivity index (χ1n) is 8.93. The van der Waals surface area contributed by atoms with Gasteiger partial charge in [0.15, 0.2) is 0 Å². The molecule has 0 unspecified atom stereocenters. The number of ether oxygens (including phenoxy) is 1. The summed E-state index contributed by atoms with van der Waals surface area (Å²) in [5, 5.41) is 13.9. The lowest BCUT2D eigenvalue weighted by molar-refractivity contribution is -0.384. The zero-order valence-electron chi connectivity index (χ0n) is 15.0. The summed E-state index contributed by atoms with van der Waals surface area (Å²) in [6.45, 7) is 0.00911. The third-order valence-corrected chi connectivity index (χ3v) is 4.74. The molecule has 1 aromatic heterocycles. The molecular formula is C20H18N4O4. The molecule has 0 aliphatic heterocycles. The number of nitro groups is 1. The summed E-state index contributed by atoms with van der Waals surface area (Å²) in [4.78, 5) is 26.9. The number of carbonyl (C=O) groups excluding carboxylic acids is 1. The summed E-state index contributed by atoms with van der Waals surface area (Å²) in [6.07, 6.45) is 5.67. The fourth-order valence-corrected chi connectivity index (χ4v) is 3.33. The minimum atomic E-state index is -0.578. The molecule has 1 heterocycles. The molecule has 0 radical (unpaired) electrons. The lowest BCUT2D eigenvalue weighted by atomic mass is 10.1. The number of benzene rings is 2. The van der Waals surface area contributed by atoms with Gasteiger partial charge < -0.3 is 10.1 Å². The van der Waals surface area contributed by atoms with Gasteiger partial charge in [0, 0.05) is 30.2 Å². The number of nitrogens with zero attached hydrogens (tertiary/aromatic N) is 3. The van der Waals surface area contributed by atoms with Crippen LogP contribution in [-0.2, 0) is 24.2 Å². The first-order valence-corrected chi connectivity index (χ1v) is 8.93. The van der Waals surface area contributed by atoms with E-state index >= 15 is 0 Å². The molecule has 8 nitrogen and oxygen atoms in total. The molecule has 28 heavy (non-hydrogen) atoms. The molecule has 3 aromatic rings. The van der Waals surface area contributed by atoms with Crippen LogP contribution < -0.4 is 5.32 Å². The molecule has 0 amide bonds. The van der Waals surface area contributed by atoms with E-state index in [1.54, 1.807) is 12.1 Å². The molecule has 0 saturated heterocycles. The normalized spacial score (nSPS) is 12.4. The second-order valence-corrected chi connectivity index (χ2v) is 6.52. The maximum atomic E-state index is 12.5. The number of carbonyl (C=O) groups is 1. The third kappa shape index (κ3) is 3.57. The number of nitro benzene ring substituents is 1. The molecule has 2 aromatic carbocycles. The molecule has 0 spiro atoms. The molecule has 4 rings (SSSR count). The van der Waals surface area contributed by atoms with Gasteiger partial charge in [0.25, 0.3) is 5.69 Å². The van der Waals surface area contributed by atoms with Gasteiger partial charge in [-0.05, 0) is 54.2 Å². The Kier molecular flexibility index (Phi) is 4.76. The van der Waals surface area contributed by atoms with E-state index in [0.29, 0.717) is 11.5 Å². The lowest BCUT2D eigenvalue weighted by Crippen LogP contribution is -2.15. The van der Waals surface area contributed by atoms with E-state index in [-0.39, 0.29) is 12.3 Å². The Bertz CT molecular complexity index is 1030. The average Bonchev–Trinajstić information content (AvgIpc) is 3.36. The SMILES string of the molecule is O=C(OCc1ccc([N+](=O)[O-])cc1)n1ccnc1Nc1cccc2c1CCC2. The molecule has 0 atom stereocenters. The minimum Gasteiger partial charge on any atom is -0.444 e. The standard InChI is InChI=1S/C20H18N4O4/c25-20(28-13-14-7-9-16(10-8-14)24(26)27)23-12-11-21-19(23)22-18-6-2-4-15-3-1-5-17(15)18/h2,4,6-12H,1,3,5,13H2,(H,21,22). The second-order valence-electron chi connectivity index (χ2n) is 6.52. The number of nitrogens with one attached hydrogen (secondary N) is 1. The quantitative estimate of drug-likeness (QED) is 0.527.